The summed E-state index contributed by atoms with van der Waals surface area (Å²) in [6.07, 6.45) is 9.22. The maximum absolute atomic E-state index is 6.41. The van der Waals surface area contributed by atoms with Gasteiger partial charge in [0.05, 0.1) is 23.9 Å². The second kappa shape index (κ2) is 6.00. The molecule has 0 radical (unpaired) electrons. The Kier molecular flexibility index (Phi) is 3.87. The van der Waals surface area contributed by atoms with Crippen LogP contribution in [-0.2, 0) is 9.47 Å². The van der Waals surface area contributed by atoms with Gasteiger partial charge in [0.1, 0.15) is 18.1 Å². The molecule has 5 rings (SSSR count). The first-order valence-electron chi connectivity index (χ1n) is 10.2. The molecule has 7 heteroatoms. The van der Waals surface area contributed by atoms with E-state index in [-0.39, 0.29) is 23.7 Å². The highest BCUT2D eigenvalue weighted by atomic mass is 16.8. The Morgan fingerprint density at radius 3 is 2.71 bits per heavy atom. The number of nitrogens with zero attached hydrogens (tertiary/aromatic N) is 5. The SMILES string of the molecule is CC1CC2(C1)C[C@@H](n1ccc3c(/N=C/N(C)C)ncnc31)[C@@H]1OC(C)(C)O[C@@H]12. The van der Waals surface area contributed by atoms with Crippen molar-refractivity contribution in [3.05, 3.63) is 18.6 Å². The van der Waals surface area contributed by atoms with Crippen LogP contribution < -0.4 is 0 Å². The van der Waals surface area contributed by atoms with E-state index in [4.69, 9.17) is 9.47 Å². The predicted octanol–water partition coefficient (Wildman–Crippen LogP) is 3.53. The van der Waals surface area contributed by atoms with E-state index in [1.165, 1.54) is 12.8 Å². The Hall–Kier alpha value is -1.99. The number of hydrogen-bond donors (Lipinski definition) is 0. The minimum Gasteiger partial charge on any atom is -0.369 e. The standard InChI is InChI=1S/C21H29N5O2/c1-13-8-21(9-13)10-15(16-17(21)28-20(2,3)27-16)26-7-6-14-18(24-12-25(4)5)22-11-23-19(14)26/h6-7,11-13,15-17H,8-10H2,1-5H3/b24-12+/t13?,15-,16+,17+,21?/m1/s1. The molecule has 0 N–H and O–H groups in total. The summed E-state index contributed by atoms with van der Waals surface area (Å²) in [6.45, 7) is 6.40. The van der Waals surface area contributed by atoms with E-state index in [1.807, 2.05) is 32.8 Å². The third-order valence-electron chi connectivity index (χ3n) is 6.49. The van der Waals surface area contributed by atoms with Crippen LogP contribution in [0.15, 0.2) is 23.6 Å². The fourth-order valence-electron chi connectivity index (χ4n) is 5.67. The van der Waals surface area contributed by atoms with Crippen LogP contribution in [-0.4, -0.2) is 57.9 Å². The van der Waals surface area contributed by atoms with Crippen molar-refractivity contribution < 1.29 is 9.47 Å². The zero-order valence-electron chi connectivity index (χ0n) is 17.3. The van der Waals surface area contributed by atoms with Crippen LogP contribution in [0.4, 0.5) is 5.82 Å². The van der Waals surface area contributed by atoms with Crippen molar-refractivity contribution in [3.8, 4) is 0 Å². The minimum absolute atomic E-state index is 0.0572. The molecule has 1 aliphatic heterocycles. The van der Waals surface area contributed by atoms with E-state index >= 15 is 0 Å². The average Bonchev–Trinajstić information content (AvgIpc) is 3.23. The molecular weight excluding hydrogens is 354 g/mol. The van der Waals surface area contributed by atoms with Gasteiger partial charge in [-0.3, -0.25) is 0 Å². The number of hydrogen-bond acceptors (Lipinski definition) is 5. The van der Waals surface area contributed by atoms with Gasteiger partial charge in [-0.2, -0.15) is 0 Å². The lowest BCUT2D eigenvalue weighted by molar-refractivity contribution is -0.181. The molecule has 2 aromatic heterocycles. The van der Waals surface area contributed by atoms with Gasteiger partial charge in [0.25, 0.3) is 0 Å². The molecule has 0 amide bonds. The molecule has 28 heavy (non-hydrogen) atoms. The quantitative estimate of drug-likeness (QED) is 0.599. The zero-order chi connectivity index (χ0) is 19.7. The molecule has 2 saturated carbocycles. The second-order valence-corrected chi connectivity index (χ2v) is 9.53. The van der Waals surface area contributed by atoms with Crippen molar-refractivity contribution in [2.75, 3.05) is 14.1 Å². The lowest BCUT2D eigenvalue weighted by Crippen LogP contribution is -2.45. The topological polar surface area (TPSA) is 64.8 Å². The van der Waals surface area contributed by atoms with Gasteiger partial charge in [0.2, 0.25) is 0 Å². The summed E-state index contributed by atoms with van der Waals surface area (Å²) < 4.78 is 15.1. The highest BCUT2D eigenvalue weighted by Crippen LogP contribution is 2.63. The van der Waals surface area contributed by atoms with Crippen LogP contribution >= 0.6 is 0 Å². The molecule has 0 unspecified atom stereocenters. The first-order chi connectivity index (χ1) is 13.3. The minimum atomic E-state index is -0.529. The van der Waals surface area contributed by atoms with Crippen molar-refractivity contribution in [1.29, 1.82) is 0 Å². The smallest absolute Gasteiger partial charge is 0.166 e. The Morgan fingerprint density at radius 2 is 2.00 bits per heavy atom. The van der Waals surface area contributed by atoms with Crippen molar-refractivity contribution in [3.63, 3.8) is 0 Å². The van der Waals surface area contributed by atoms with Crippen molar-refractivity contribution in [1.82, 2.24) is 19.4 Å². The first-order valence-corrected chi connectivity index (χ1v) is 10.2. The molecule has 3 aliphatic rings. The summed E-state index contributed by atoms with van der Waals surface area (Å²) in [5.41, 5.74) is 1.15. The first kappa shape index (κ1) is 18.1. The molecule has 2 aliphatic carbocycles. The molecule has 0 bridgehead atoms. The lowest BCUT2D eigenvalue weighted by atomic mass is 9.60. The van der Waals surface area contributed by atoms with Crippen LogP contribution in [0.5, 0.6) is 0 Å². The van der Waals surface area contributed by atoms with E-state index in [2.05, 4.69) is 38.7 Å². The van der Waals surface area contributed by atoms with E-state index < -0.39 is 5.79 Å². The normalized spacial score (nSPS) is 36.3. The average molecular weight is 383 g/mol. The van der Waals surface area contributed by atoms with Gasteiger partial charge in [0.15, 0.2) is 11.6 Å². The van der Waals surface area contributed by atoms with Crippen LogP contribution in [0.2, 0.25) is 0 Å². The summed E-state index contributed by atoms with van der Waals surface area (Å²) in [4.78, 5) is 15.4. The van der Waals surface area contributed by atoms with Crippen molar-refractivity contribution in [2.45, 2.75) is 64.1 Å². The maximum Gasteiger partial charge on any atom is 0.166 e. The van der Waals surface area contributed by atoms with Crippen molar-refractivity contribution >= 4 is 23.2 Å². The molecule has 2 aromatic rings. The fourth-order valence-corrected chi connectivity index (χ4v) is 5.67. The summed E-state index contributed by atoms with van der Waals surface area (Å²) in [5.74, 6) is 0.934. The van der Waals surface area contributed by atoms with E-state index in [0.29, 0.717) is 5.82 Å². The van der Waals surface area contributed by atoms with Gasteiger partial charge in [0, 0.05) is 25.7 Å². The third-order valence-corrected chi connectivity index (χ3v) is 6.49. The van der Waals surface area contributed by atoms with Gasteiger partial charge < -0.3 is 18.9 Å². The van der Waals surface area contributed by atoms with Gasteiger partial charge in [-0.05, 0) is 45.1 Å². The zero-order valence-corrected chi connectivity index (χ0v) is 17.3. The van der Waals surface area contributed by atoms with Gasteiger partial charge >= 0.3 is 0 Å². The molecule has 3 fully saturated rings. The predicted molar refractivity (Wildman–Crippen MR) is 108 cm³/mol. The molecule has 150 valence electrons. The molecule has 1 saturated heterocycles. The number of fused-ring (bicyclic) bond motifs is 3. The van der Waals surface area contributed by atoms with E-state index in [0.717, 1.165) is 23.4 Å². The highest BCUT2D eigenvalue weighted by molar-refractivity contribution is 5.87. The number of ether oxygens (including phenoxy) is 2. The summed E-state index contributed by atoms with van der Waals surface area (Å²) in [6, 6.07) is 2.29. The molecule has 0 aromatic carbocycles. The highest BCUT2D eigenvalue weighted by Gasteiger charge is 2.65. The number of rotatable bonds is 3. The summed E-state index contributed by atoms with van der Waals surface area (Å²) in [7, 11) is 3.90. The van der Waals surface area contributed by atoms with Gasteiger partial charge in [-0.25, -0.2) is 15.0 Å². The van der Waals surface area contributed by atoms with E-state index in [9.17, 15) is 0 Å². The third kappa shape index (κ3) is 2.67. The Bertz CT molecular complexity index is 928. The Balaban J connectivity index is 1.54. The molecule has 3 heterocycles. The Morgan fingerprint density at radius 1 is 1.21 bits per heavy atom. The molecule has 7 nitrogen and oxygen atoms in total. The summed E-state index contributed by atoms with van der Waals surface area (Å²) >= 11 is 0. The summed E-state index contributed by atoms with van der Waals surface area (Å²) in [5, 5.41) is 0.971. The largest absolute Gasteiger partial charge is 0.369 e. The van der Waals surface area contributed by atoms with Crippen LogP contribution in [0.25, 0.3) is 11.0 Å². The monoisotopic (exact) mass is 383 g/mol. The van der Waals surface area contributed by atoms with Crippen LogP contribution in [0, 0.1) is 11.3 Å². The molecule has 1 spiro atoms. The fraction of sp³-hybridized carbons (Fsp3) is 0.667. The number of aliphatic imine (C=N–C) groups is 1. The van der Waals surface area contributed by atoms with Crippen molar-refractivity contribution in [2.24, 2.45) is 16.3 Å². The van der Waals surface area contributed by atoms with Gasteiger partial charge in [-0.15, -0.1) is 0 Å². The second-order valence-electron chi connectivity index (χ2n) is 9.53. The van der Waals surface area contributed by atoms with Crippen LogP contribution in [0.3, 0.4) is 0 Å². The maximum atomic E-state index is 6.41. The molecular formula is C21H29N5O2. The van der Waals surface area contributed by atoms with Gasteiger partial charge in [-0.1, -0.05) is 6.92 Å². The number of aromatic nitrogens is 3. The molecule has 3 atom stereocenters. The van der Waals surface area contributed by atoms with Crippen LogP contribution in [0.1, 0.15) is 46.1 Å². The Labute approximate surface area is 165 Å². The van der Waals surface area contributed by atoms with E-state index in [1.54, 1.807) is 12.7 Å². The lowest BCUT2D eigenvalue weighted by Gasteiger charge is -2.47.